The highest BCUT2D eigenvalue weighted by atomic mass is 79.9. The normalized spacial score (nSPS) is 18.9. The predicted molar refractivity (Wildman–Crippen MR) is 131 cm³/mol. The van der Waals surface area contributed by atoms with Crippen LogP contribution in [0.4, 0.5) is 0 Å². The third-order valence-electron chi connectivity index (χ3n) is 6.55. The van der Waals surface area contributed by atoms with Crippen LogP contribution in [0, 0.1) is 5.92 Å². The van der Waals surface area contributed by atoms with Crippen molar-refractivity contribution in [3.63, 3.8) is 0 Å². The predicted octanol–water partition coefficient (Wildman–Crippen LogP) is 3.10. The van der Waals surface area contributed by atoms with E-state index in [0.717, 1.165) is 31.5 Å². The van der Waals surface area contributed by atoms with Gasteiger partial charge in [0.05, 0.1) is 15.4 Å². The molecule has 1 aromatic rings. The molecule has 0 bridgehead atoms. The zero-order chi connectivity index (χ0) is 24.1. The molecule has 2 aliphatic heterocycles. The zero-order valence-electron chi connectivity index (χ0n) is 18.8. The first kappa shape index (κ1) is 26.0. The summed E-state index contributed by atoms with van der Waals surface area (Å²) in [5.74, 6) is -0.866. The summed E-state index contributed by atoms with van der Waals surface area (Å²) in [4.78, 5) is 41.9. The zero-order valence-corrected chi connectivity index (χ0v) is 22.0. The molecule has 182 valence electrons. The number of carboxylic acid groups (broad SMARTS) is 1. The Morgan fingerprint density at radius 2 is 1.55 bits per heavy atom. The fraction of sp³-hybridized carbons (Fsp3) is 0.609. The lowest BCUT2D eigenvalue weighted by atomic mass is 9.98. The summed E-state index contributed by atoms with van der Waals surface area (Å²) in [6.45, 7) is 6.32. The Kier molecular flexibility index (Phi) is 9.17. The minimum atomic E-state index is -0.941. The Morgan fingerprint density at radius 3 is 2.09 bits per heavy atom. The molecule has 2 N–H and O–H groups in total. The molecule has 10 heteroatoms. The Labute approximate surface area is 211 Å². The van der Waals surface area contributed by atoms with Crippen LogP contribution in [-0.2, 0) is 20.8 Å². The molecule has 2 amide bonds. The van der Waals surface area contributed by atoms with Gasteiger partial charge in [-0.2, -0.15) is 0 Å². The maximum Gasteiger partial charge on any atom is 0.303 e. The maximum absolute atomic E-state index is 13.0. The standard InChI is InChI=1S/C23H31Br2N3O5/c1-15(12-16-13-18(24)22(32)19(25)14-16)23(33)28-10-8-26(9-11-28)17-4-6-27(7-5-17)20(29)2-3-21(30)31/h13-15,17,32H,2-12H2,1H3,(H,30,31)/t15-/m1/s1. The summed E-state index contributed by atoms with van der Waals surface area (Å²) in [5, 5.41) is 18.6. The first-order valence-corrected chi connectivity index (χ1v) is 12.9. The smallest absolute Gasteiger partial charge is 0.303 e. The third-order valence-corrected chi connectivity index (χ3v) is 7.76. The van der Waals surface area contributed by atoms with E-state index in [0.29, 0.717) is 47.6 Å². The number of likely N-dealkylation sites (tertiary alicyclic amines) is 1. The Bertz CT molecular complexity index is 858. The van der Waals surface area contributed by atoms with Crippen molar-refractivity contribution in [1.29, 1.82) is 0 Å². The number of carboxylic acids is 1. The van der Waals surface area contributed by atoms with Crippen LogP contribution in [0.3, 0.4) is 0 Å². The highest BCUT2D eigenvalue weighted by molar-refractivity contribution is 9.11. The number of hydrogen-bond acceptors (Lipinski definition) is 5. The highest BCUT2D eigenvalue weighted by Crippen LogP contribution is 2.34. The number of piperazine rings is 1. The van der Waals surface area contributed by atoms with Crippen LogP contribution in [0.15, 0.2) is 21.1 Å². The van der Waals surface area contributed by atoms with Crippen LogP contribution in [-0.4, -0.2) is 88.0 Å². The van der Waals surface area contributed by atoms with Gasteiger partial charge < -0.3 is 20.0 Å². The molecule has 2 fully saturated rings. The average Bonchev–Trinajstić information content (AvgIpc) is 2.80. The van der Waals surface area contributed by atoms with Crippen molar-refractivity contribution in [2.24, 2.45) is 5.92 Å². The van der Waals surface area contributed by atoms with Gasteiger partial charge >= 0.3 is 5.97 Å². The van der Waals surface area contributed by atoms with E-state index >= 15 is 0 Å². The van der Waals surface area contributed by atoms with Crippen LogP contribution < -0.4 is 0 Å². The highest BCUT2D eigenvalue weighted by Gasteiger charge is 2.31. The fourth-order valence-electron chi connectivity index (χ4n) is 4.65. The number of nitrogens with zero attached hydrogens (tertiary/aromatic N) is 3. The lowest BCUT2D eigenvalue weighted by molar-refractivity contribution is -0.141. The van der Waals surface area contributed by atoms with Crippen LogP contribution in [0.25, 0.3) is 0 Å². The summed E-state index contributed by atoms with van der Waals surface area (Å²) in [7, 11) is 0. The van der Waals surface area contributed by atoms with E-state index in [1.807, 2.05) is 24.0 Å². The van der Waals surface area contributed by atoms with Gasteiger partial charge in [0.1, 0.15) is 5.75 Å². The second-order valence-electron chi connectivity index (χ2n) is 8.88. The van der Waals surface area contributed by atoms with Gasteiger partial charge in [0, 0.05) is 57.6 Å². The minimum Gasteiger partial charge on any atom is -0.506 e. The monoisotopic (exact) mass is 587 g/mol. The molecule has 0 unspecified atom stereocenters. The van der Waals surface area contributed by atoms with E-state index in [4.69, 9.17) is 5.11 Å². The summed E-state index contributed by atoms with van der Waals surface area (Å²) in [5.41, 5.74) is 0.982. The van der Waals surface area contributed by atoms with E-state index in [2.05, 4.69) is 36.8 Å². The molecule has 0 spiro atoms. The van der Waals surface area contributed by atoms with Gasteiger partial charge in [-0.1, -0.05) is 6.92 Å². The first-order valence-electron chi connectivity index (χ1n) is 11.3. The Balaban J connectivity index is 1.43. The number of benzene rings is 1. The molecule has 8 nitrogen and oxygen atoms in total. The van der Waals surface area contributed by atoms with Crippen molar-refractivity contribution < 1.29 is 24.6 Å². The molecule has 0 aliphatic carbocycles. The second kappa shape index (κ2) is 11.7. The van der Waals surface area contributed by atoms with Gasteiger partial charge in [-0.05, 0) is 68.8 Å². The molecule has 2 saturated heterocycles. The van der Waals surface area contributed by atoms with Crippen molar-refractivity contribution in [3.8, 4) is 5.75 Å². The maximum atomic E-state index is 13.0. The van der Waals surface area contributed by atoms with Gasteiger partial charge in [0.15, 0.2) is 0 Å². The van der Waals surface area contributed by atoms with Crippen molar-refractivity contribution in [2.45, 2.75) is 45.1 Å². The summed E-state index contributed by atoms with van der Waals surface area (Å²) >= 11 is 6.69. The molecule has 0 radical (unpaired) electrons. The number of amides is 2. The summed E-state index contributed by atoms with van der Waals surface area (Å²) in [6, 6.07) is 4.09. The molecule has 0 aromatic heterocycles. The summed E-state index contributed by atoms with van der Waals surface area (Å²) < 4.78 is 1.21. The van der Waals surface area contributed by atoms with Gasteiger partial charge in [-0.15, -0.1) is 0 Å². The molecular formula is C23H31Br2N3O5. The number of aliphatic carboxylic acids is 1. The van der Waals surface area contributed by atoms with Crippen molar-refractivity contribution in [2.75, 3.05) is 39.3 Å². The van der Waals surface area contributed by atoms with Crippen molar-refractivity contribution in [1.82, 2.24) is 14.7 Å². The molecule has 2 aliphatic rings. The largest absolute Gasteiger partial charge is 0.506 e. The summed E-state index contributed by atoms with van der Waals surface area (Å²) in [6.07, 6.45) is 2.32. The van der Waals surface area contributed by atoms with E-state index in [9.17, 15) is 19.5 Å². The molecular weight excluding hydrogens is 558 g/mol. The number of halogens is 2. The molecule has 1 aromatic carbocycles. The topological polar surface area (TPSA) is 101 Å². The van der Waals surface area contributed by atoms with Gasteiger partial charge in [-0.25, -0.2) is 0 Å². The van der Waals surface area contributed by atoms with E-state index in [-0.39, 0.29) is 36.3 Å². The lowest BCUT2D eigenvalue weighted by Crippen LogP contribution is -2.55. The lowest BCUT2D eigenvalue weighted by Gasteiger charge is -2.43. The fourth-order valence-corrected chi connectivity index (χ4v) is 5.93. The van der Waals surface area contributed by atoms with E-state index in [1.54, 1.807) is 4.90 Å². The molecule has 33 heavy (non-hydrogen) atoms. The Morgan fingerprint density at radius 1 is 0.970 bits per heavy atom. The van der Waals surface area contributed by atoms with E-state index in [1.165, 1.54) is 0 Å². The minimum absolute atomic E-state index is 0.0665. The van der Waals surface area contributed by atoms with Crippen LogP contribution in [0.5, 0.6) is 5.75 Å². The number of carbonyl (C=O) groups excluding carboxylic acids is 2. The SMILES string of the molecule is C[C@H](Cc1cc(Br)c(O)c(Br)c1)C(=O)N1CCN(C2CCN(C(=O)CCC(=O)O)CC2)CC1. The third kappa shape index (κ3) is 6.93. The quantitative estimate of drug-likeness (QED) is 0.508. The van der Waals surface area contributed by atoms with E-state index < -0.39 is 5.97 Å². The number of aromatic hydroxyl groups is 1. The number of rotatable bonds is 7. The van der Waals surface area contributed by atoms with Gasteiger partial charge in [-0.3, -0.25) is 19.3 Å². The molecule has 0 saturated carbocycles. The average molecular weight is 589 g/mol. The van der Waals surface area contributed by atoms with Crippen molar-refractivity contribution >= 4 is 49.6 Å². The van der Waals surface area contributed by atoms with Gasteiger partial charge in [0.2, 0.25) is 11.8 Å². The number of hydrogen-bond donors (Lipinski definition) is 2. The van der Waals surface area contributed by atoms with Gasteiger partial charge in [0.25, 0.3) is 0 Å². The molecule has 2 heterocycles. The number of phenols is 1. The molecule has 3 rings (SSSR count). The van der Waals surface area contributed by atoms with Crippen LogP contribution in [0.2, 0.25) is 0 Å². The van der Waals surface area contributed by atoms with Crippen LogP contribution >= 0.6 is 31.9 Å². The molecule has 1 atom stereocenters. The first-order chi connectivity index (χ1) is 15.7. The number of carbonyl (C=O) groups is 3. The number of phenolic OH excluding ortho intramolecular Hbond substituents is 1. The Hall–Kier alpha value is -1.65. The van der Waals surface area contributed by atoms with Crippen LogP contribution in [0.1, 0.15) is 38.2 Å². The number of piperidine rings is 1. The second-order valence-corrected chi connectivity index (χ2v) is 10.6. The van der Waals surface area contributed by atoms with Crippen molar-refractivity contribution in [3.05, 3.63) is 26.6 Å².